The van der Waals surface area contributed by atoms with Crippen LogP contribution in [0.3, 0.4) is 0 Å². The van der Waals surface area contributed by atoms with E-state index in [0.29, 0.717) is 24.0 Å². The average molecular weight is 287 g/mol. The second-order valence-corrected chi connectivity index (χ2v) is 7.58. The van der Waals surface area contributed by atoms with Crippen LogP contribution in [-0.4, -0.2) is 39.5 Å². The summed E-state index contributed by atoms with van der Waals surface area (Å²) in [5.41, 5.74) is 0.800. The lowest BCUT2D eigenvalue weighted by Gasteiger charge is -2.22. The maximum atomic E-state index is 5.56. The monoisotopic (exact) mass is 287 g/mol. The smallest absolute Gasteiger partial charge is 0.0701 e. The Morgan fingerprint density at radius 1 is 0.850 bits per heavy atom. The number of ether oxygens (including phenoxy) is 2. The van der Waals surface area contributed by atoms with E-state index in [9.17, 15) is 0 Å². The SMILES string of the molecule is CCC(C)(C)CNCCOCCOCCCC(C)(C)C. The van der Waals surface area contributed by atoms with Gasteiger partial charge >= 0.3 is 0 Å². The van der Waals surface area contributed by atoms with Crippen molar-refractivity contribution in [1.29, 1.82) is 0 Å². The summed E-state index contributed by atoms with van der Waals surface area (Å²) in [7, 11) is 0. The van der Waals surface area contributed by atoms with Crippen LogP contribution in [0.15, 0.2) is 0 Å². The van der Waals surface area contributed by atoms with Gasteiger partial charge in [0.1, 0.15) is 0 Å². The molecule has 0 radical (unpaired) electrons. The topological polar surface area (TPSA) is 30.5 Å². The second kappa shape index (κ2) is 10.6. The van der Waals surface area contributed by atoms with Crippen molar-refractivity contribution in [3.63, 3.8) is 0 Å². The maximum absolute atomic E-state index is 5.56. The summed E-state index contributed by atoms with van der Waals surface area (Å²) in [6.07, 6.45) is 3.55. The average Bonchev–Trinajstić information content (AvgIpc) is 2.34. The molecule has 0 saturated heterocycles. The van der Waals surface area contributed by atoms with E-state index >= 15 is 0 Å². The fourth-order valence-corrected chi connectivity index (χ4v) is 1.72. The quantitative estimate of drug-likeness (QED) is 0.553. The lowest BCUT2D eigenvalue weighted by Crippen LogP contribution is -2.31. The van der Waals surface area contributed by atoms with Crippen LogP contribution in [-0.2, 0) is 9.47 Å². The molecule has 0 heterocycles. The minimum Gasteiger partial charge on any atom is -0.379 e. The second-order valence-electron chi connectivity index (χ2n) is 7.58. The van der Waals surface area contributed by atoms with Crippen molar-refractivity contribution < 1.29 is 9.47 Å². The van der Waals surface area contributed by atoms with Gasteiger partial charge in [0, 0.05) is 19.7 Å². The third-order valence-electron chi connectivity index (χ3n) is 3.57. The minimum absolute atomic E-state index is 0.385. The van der Waals surface area contributed by atoms with Gasteiger partial charge in [0.15, 0.2) is 0 Å². The van der Waals surface area contributed by atoms with Crippen LogP contribution in [0.4, 0.5) is 0 Å². The number of hydrogen-bond acceptors (Lipinski definition) is 3. The summed E-state index contributed by atoms with van der Waals surface area (Å²) in [4.78, 5) is 0. The van der Waals surface area contributed by atoms with Crippen molar-refractivity contribution in [3.05, 3.63) is 0 Å². The van der Waals surface area contributed by atoms with Gasteiger partial charge in [-0.25, -0.2) is 0 Å². The van der Waals surface area contributed by atoms with Crippen molar-refractivity contribution in [3.8, 4) is 0 Å². The maximum Gasteiger partial charge on any atom is 0.0701 e. The first-order valence-electron chi connectivity index (χ1n) is 8.13. The Bertz CT molecular complexity index is 222. The molecule has 0 atom stereocenters. The molecule has 0 amide bonds. The minimum atomic E-state index is 0.385. The molecule has 1 N–H and O–H groups in total. The fraction of sp³-hybridized carbons (Fsp3) is 1.00. The van der Waals surface area contributed by atoms with Crippen molar-refractivity contribution >= 4 is 0 Å². The van der Waals surface area contributed by atoms with Crippen LogP contribution in [0.2, 0.25) is 0 Å². The standard InChI is InChI=1S/C17H37NO2/c1-7-17(5,6)15-18-10-12-20-14-13-19-11-8-9-16(2,3)4/h18H,7-15H2,1-6H3. The largest absolute Gasteiger partial charge is 0.379 e. The number of nitrogens with one attached hydrogen (secondary N) is 1. The predicted molar refractivity (Wildman–Crippen MR) is 87.3 cm³/mol. The predicted octanol–water partition coefficient (Wildman–Crippen LogP) is 3.87. The first kappa shape index (κ1) is 19.9. The van der Waals surface area contributed by atoms with E-state index in [2.05, 4.69) is 46.9 Å². The van der Waals surface area contributed by atoms with Gasteiger partial charge in [-0.15, -0.1) is 0 Å². The molecule has 0 aromatic rings. The van der Waals surface area contributed by atoms with Crippen molar-refractivity contribution in [1.82, 2.24) is 5.32 Å². The Kier molecular flexibility index (Phi) is 10.5. The van der Waals surface area contributed by atoms with Crippen LogP contribution in [0.5, 0.6) is 0 Å². The normalized spacial score (nSPS) is 12.9. The molecule has 3 heteroatoms. The Morgan fingerprint density at radius 2 is 1.45 bits per heavy atom. The Morgan fingerprint density at radius 3 is 2.00 bits per heavy atom. The molecule has 0 aliphatic heterocycles. The van der Waals surface area contributed by atoms with Gasteiger partial charge in [-0.05, 0) is 30.1 Å². The molecule has 0 aromatic heterocycles. The molecule has 0 spiro atoms. The Hall–Kier alpha value is -0.120. The van der Waals surface area contributed by atoms with Crippen LogP contribution in [0.1, 0.15) is 60.8 Å². The van der Waals surface area contributed by atoms with E-state index in [-0.39, 0.29) is 0 Å². The van der Waals surface area contributed by atoms with E-state index in [4.69, 9.17) is 9.47 Å². The molecule has 0 unspecified atom stereocenters. The van der Waals surface area contributed by atoms with Gasteiger partial charge < -0.3 is 14.8 Å². The number of rotatable bonds is 12. The lowest BCUT2D eigenvalue weighted by atomic mass is 9.90. The van der Waals surface area contributed by atoms with Gasteiger partial charge in [0.25, 0.3) is 0 Å². The Labute approximate surface area is 126 Å². The Balaban J connectivity index is 3.18. The first-order chi connectivity index (χ1) is 9.27. The zero-order valence-electron chi connectivity index (χ0n) is 14.7. The molecule has 122 valence electrons. The van der Waals surface area contributed by atoms with E-state index in [0.717, 1.165) is 32.7 Å². The zero-order chi connectivity index (χ0) is 15.5. The molecule has 0 saturated carbocycles. The van der Waals surface area contributed by atoms with Crippen LogP contribution in [0, 0.1) is 10.8 Å². The van der Waals surface area contributed by atoms with E-state index < -0.39 is 0 Å². The molecule has 0 fully saturated rings. The van der Waals surface area contributed by atoms with Crippen LogP contribution in [0.25, 0.3) is 0 Å². The highest BCUT2D eigenvalue weighted by Crippen LogP contribution is 2.20. The molecule has 0 bridgehead atoms. The zero-order valence-corrected chi connectivity index (χ0v) is 14.7. The van der Waals surface area contributed by atoms with Crippen LogP contribution >= 0.6 is 0 Å². The van der Waals surface area contributed by atoms with Gasteiger partial charge in [-0.1, -0.05) is 41.5 Å². The molecular weight excluding hydrogens is 250 g/mol. The van der Waals surface area contributed by atoms with Crippen molar-refractivity contribution in [2.24, 2.45) is 10.8 Å². The van der Waals surface area contributed by atoms with Gasteiger partial charge in [0.2, 0.25) is 0 Å². The van der Waals surface area contributed by atoms with Gasteiger partial charge in [0.05, 0.1) is 19.8 Å². The number of hydrogen-bond donors (Lipinski definition) is 1. The summed E-state index contributed by atoms with van der Waals surface area (Å²) in [5, 5.41) is 3.44. The van der Waals surface area contributed by atoms with Crippen molar-refractivity contribution in [2.45, 2.75) is 60.8 Å². The molecule has 0 rings (SSSR count). The molecule has 0 aliphatic rings. The first-order valence-corrected chi connectivity index (χ1v) is 8.13. The third-order valence-corrected chi connectivity index (χ3v) is 3.57. The summed E-state index contributed by atoms with van der Waals surface area (Å²) < 4.78 is 11.1. The molecule has 20 heavy (non-hydrogen) atoms. The third kappa shape index (κ3) is 14.3. The molecule has 3 nitrogen and oxygen atoms in total. The summed E-state index contributed by atoms with van der Waals surface area (Å²) in [6, 6.07) is 0. The summed E-state index contributed by atoms with van der Waals surface area (Å²) in [6.45, 7) is 18.6. The highest BCUT2D eigenvalue weighted by atomic mass is 16.5. The molecule has 0 aromatic carbocycles. The van der Waals surface area contributed by atoms with Gasteiger partial charge in [-0.2, -0.15) is 0 Å². The molecular formula is C17H37NO2. The molecule has 0 aliphatic carbocycles. The van der Waals surface area contributed by atoms with E-state index in [1.54, 1.807) is 0 Å². The van der Waals surface area contributed by atoms with Gasteiger partial charge in [-0.3, -0.25) is 0 Å². The van der Waals surface area contributed by atoms with Crippen LogP contribution < -0.4 is 5.32 Å². The van der Waals surface area contributed by atoms with E-state index in [1.165, 1.54) is 12.8 Å². The fourth-order valence-electron chi connectivity index (χ4n) is 1.72. The summed E-state index contributed by atoms with van der Waals surface area (Å²) >= 11 is 0. The lowest BCUT2D eigenvalue weighted by molar-refractivity contribution is 0.0448. The highest BCUT2D eigenvalue weighted by Gasteiger charge is 2.13. The summed E-state index contributed by atoms with van der Waals surface area (Å²) in [5.74, 6) is 0. The highest BCUT2D eigenvalue weighted by molar-refractivity contribution is 4.68. The van der Waals surface area contributed by atoms with E-state index in [1.807, 2.05) is 0 Å². The van der Waals surface area contributed by atoms with Crippen molar-refractivity contribution in [2.75, 3.05) is 39.5 Å².